The molecule has 1 fully saturated rings. The molecule has 9 heteroatoms. The first-order valence-electron chi connectivity index (χ1n) is 12.0. The van der Waals surface area contributed by atoms with Gasteiger partial charge in [0.25, 0.3) is 5.56 Å². The van der Waals surface area contributed by atoms with Crippen LogP contribution in [0.4, 0.5) is 0 Å². The van der Waals surface area contributed by atoms with Gasteiger partial charge in [-0.3, -0.25) is 19.0 Å². The molecule has 2 heterocycles. The lowest BCUT2D eigenvalue weighted by Gasteiger charge is -2.30. The Kier molecular flexibility index (Phi) is 8.51. The van der Waals surface area contributed by atoms with Crippen molar-refractivity contribution < 1.29 is 19.1 Å². The van der Waals surface area contributed by atoms with E-state index in [1.807, 2.05) is 12.1 Å². The number of ketones is 1. The Labute approximate surface area is 224 Å². The van der Waals surface area contributed by atoms with E-state index in [1.54, 1.807) is 41.3 Å². The summed E-state index contributed by atoms with van der Waals surface area (Å²) in [5.41, 5.74) is 0.825. The van der Waals surface area contributed by atoms with Gasteiger partial charge in [-0.2, -0.15) is 0 Å². The first-order chi connectivity index (χ1) is 17.8. The molecule has 0 spiro atoms. The van der Waals surface area contributed by atoms with Crippen molar-refractivity contribution in [3.05, 3.63) is 78.2 Å². The Morgan fingerprint density at radius 3 is 2.27 bits per heavy atom. The van der Waals surface area contributed by atoms with Crippen LogP contribution in [0.1, 0.15) is 35.7 Å². The molecule has 0 bridgehead atoms. The standard InChI is InChI=1S/C28H29ClN2O5S/c1-18-8-10-30(11-9-18)26(33)17-31-27(16-24(32)20-13-22(35-2)15-23(14-20)36-3)37-25(28(31)34)12-19-4-6-21(29)7-5-19/h4-7,12-16,18H,8-11,17H2,1-3H3. The number of amides is 1. The van der Waals surface area contributed by atoms with Gasteiger partial charge >= 0.3 is 0 Å². The fraction of sp³-hybridized carbons (Fsp3) is 0.321. The number of benzene rings is 2. The minimum absolute atomic E-state index is 0.126. The molecule has 3 aromatic rings. The zero-order chi connectivity index (χ0) is 26.5. The molecular weight excluding hydrogens is 512 g/mol. The summed E-state index contributed by atoms with van der Waals surface area (Å²) in [7, 11) is 3.02. The van der Waals surface area contributed by atoms with Gasteiger partial charge in [-0.05, 0) is 54.7 Å². The second kappa shape index (κ2) is 11.8. The van der Waals surface area contributed by atoms with Gasteiger partial charge in [-0.1, -0.05) is 30.7 Å². The Morgan fingerprint density at radius 1 is 1.05 bits per heavy atom. The van der Waals surface area contributed by atoms with Crippen LogP contribution < -0.4 is 24.2 Å². The summed E-state index contributed by atoms with van der Waals surface area (Å²) in [6, 6.07) is 12.0. The van der Waals surface area contributed by atoms with Crippen LogP contribution in [0.3, 0.4) is 0 Å². The number of hydrogen-bond donors (Lipinski definition) is 0. The number of methoxy groups -OCH3 is 2. The fourth-order valence-electron chi connectivity index (χ4n) is 4.14. The molecule has 0 atom stereocenters. The number of carbonyl (C=O) groups excluding carboxylic acids is 2. The third-order valence-corrected chi connectivity index (χ3v) is 7.74. The Balaban J connectivity index is 1.77. The molecule has 1 saturated heterocycles. The summed E-state index contributed by atoms with van der Waals surface area (Å²) < 4.78 is 12.8. The van der Waals surface area contributed by atoms with Crippen LogP contribution in [0.15, 0.2) is 47.3 Å². The number of ether oxygens (including phenoxy) is 2. The third-order valence-electron chi connectivity index (χ3n) is 6.42. The smallest absolute Gasteiger partial charge is 0.269 e. The van der Waals surface area contributed by atoms with Gasteiger partial charge < -0.3 is 14.4 Å². The van der Waals surface area contributed by atoms with Crippen LogP contribution in [0.5, 0.6) is 11.5 Å². The number of thiazole rings is 1. The highest BCUT2D eigenvalue weighted by molar-refractivity contribution is 7.07. The van der Waals surface area contributed by atoms with E-state index >= 15 is 0 Å². The highest BCUT2D eigenvalue weighted by Gasteiger charge is 2.22. The first-order valence-corrected chi connectivity index (χ1v) is 13.2. The van der Waals surface area contributed by atoms with Crippen LogP contribution in [-0.2, 0) is 11.3 Å². The molecule has 0 radical (unpaired) electrons. The van der Waals surface area contributed by atoms with E-state index in [0.29, 0.717) is 50.3 Å². The van der Waals surface area contributed by atoms with Crippen molar-refractivity contribution in [3.8, 4) is 11.5 Å². The first kappa shape index (κ1) is 26.7. The van der Waals surface area contributed by atoms with Gasteiger partial charge in [0.2, 0.25) is 5.91 Å². The molecular formula is C28H29ClN2O5S. The second-order valence-corrected chi connectivity index (χ2v) is 10.6. The van der Waals surface area contributed by atoms with Crippen molar-refractivity contribution in [2.75, 3.05) is 27.3 Å². The monoisotopic (exact) mass is 540 g/mol. The van der Waals surface area contributed by atoms with Crippen molar-refractivity contribution >= 4 is 46.8 Å². The average Bonchev–Trinajstić information content (AvgIpc) is 3.18. The van der Waals surface area contributed by atoms with Crippen molar-refractivity contribution in [2.24, 2.45) is 5.92 Å². The predicted octanol–water partition coefficient (Wildman–Crippen LogP) is 3.33. The number of piperidine rings is 1. The van der Waals surface area contributed by atoms with Gasteiger partial charge in [0.15, 0.2) is 5.78 Å². The van der Waals surface area contributed by atoms with Gasteiger partial charge in [0, 0.05) is 35.8 Å². The summed E-state index contributed by atoms with van der Waals surface area (Å²) in [4.78, 5) is 41.6. The van der Waals surface area contributed by atoms with Crippen molar-refractivity contribution in [1.82, 2.24) is 9.47 Å². The minimum atomic E-state index is -0.329. The molecule has 1 amide bonds. The van der Waals surface area contributed by atoms with Crippen LogP contribution in [0, 0.1) is 5.92 Å². The fourth-order valence-corrected chi connectivity index (χ4v) is 5.31. The number of Topliss-reactive ketones (excluding diaryl/α,β-unsaturated/α-hetero) is 1. The number of likely N-dealkylation sites (tertiary alicyclic amines) is 1. The lowest BCUT2D eigenvalue weighted by atomic mass is 9.99. The highest BCUT2D eigenvalue weighted by atomic mass is 35.5. The predicted molar refractivity (Wildman–Crippen MR) is 146 cm³/mol. The molecule has 2 aromatic carbocycles. The molecule has 0 aliphatic carbocycles. The van der Waals surface area contributed by atoms with Gasteiger partial charge in [-0.25, -0.2) is 0 Å². The number of nitrogens with zero attached hydrogens (tertiary/aromatic N) is 2. The van der Waals surface area contributed by atoms with E-state index in [0.717, 1.165) is 18.4 Å². The molecule has 37 heavy (non-hydrogen) atoms. The summed E-state index contributed by atoms with van der Waals surface area (Å²) in [5.74, 6) is 1.08. The van der Waals surface area contributed by atoms with Crippen LogP contribution in [0.2, 0.25) is 5.02 Å². The topological polar surface area (TPSA) is 77.8 Å². The van der Waals surface area contributed by atoms with Crippen molar-refractivity contribution in [3.63, 3.8) is 0 Å². The van der Waals surface area contributed by atoms with Crippen molar-refractivity contribution in [1.29, 1.82) is 0 Å². The molecule has 0 saturated carbocycles. The quantitative estimate of drug-likeness (QED) is 0.430. The van der Waals surface area contributed by atoms with E-state index in [4.69, 9.17) is 21.1 Å². The molecule has 0 N–H and O–H groups in total. The zero-order valence-corrected chi connectivity index (χ0v) is 22.6. The van der Waals surface area contributed by atoms with E-state index in [9.17, 15) is 14.4 Å². The number of rotatable bonds is 7. The van der Waals surface area contributed by atoms with Crippen LogP contribution in [0.25, 0.3) is 12.2 Å². The number of halogens is 1. The minimum Gasteiger partial charge on any atom is -0.497 e. The molecule has 0 unspecified atom stereocenters. The maximum absolute atomic E-state index is 13.4. The maximum Gasteiger partial charge on any atom is 0.269 e. The summed E-state index contributed by atoms with van der Waals surface area (Å²) in [5, 5.41) is 0.593. The number of carbonyl (C=O) groups is 2. The van der Waals surface area contributed by atoms with E-state index < -0.39 is 0 Å². The lowest BCUT2D eigenvalue weighted by molar-refractivity contribution is -0.133. The lowest BCUT2D eigenvalue weighted by Crippen LogP contribution is -2.43. The van der Waals surface area contributed by atoms with E-state index in [2.05, 4.69) is 6.92 Å². The molecule has 1 aliphatic heterocycles. The Morgan fingerprint density at radius 2 is 1.68 bits per heavy atom. The number of hydrogen-bond acceptors (Lipinski definition) is 6. The third kappa shape index (κ3) is 6.50. The van der Waals surface area contributed by atoms with Gasteiger partial charge in [0.05, 0.1) is 18.8 Å². The SMILES string of the molecule is COc1cc(OC)cc(C(=O)C=c2sc(=Cc3ccc(Cl)cc3)c(=O)n2CC(=O)N2CCC(C)CC2)c1. The normalized spacial score (nSPS) is 15.2. The van der Waals surface area contributed by atoms with Crippen molar-refractivity contribution in [2.45, 2.75) is 26.3 Å². The summed E-state index contributed by atoms with van der Waals surface area (Å²) in [6.45, 7) is 3.39. The Hall–Kier alpha value is -3.36. The zero-order valence-electron chi connectivity index (χ0n) is 21.0. The molecule has 1 aromatic heterocycles. The second-order valence-electron chi connectivity index (χ2n) is 9.06. The molecule has 7 nitrogen and oxygen atoms in total. The van der Waals surface area contributed by atoms with Crippen LogP contribution >= 0.6 is 22.9 Å². The molecule has 4 rings (SSSR count). The Bertz CT molecular complexity index is 1450. The highest BCUT2D eigenvalue weighted by Crippen LogP contribution is 2.23. The van der Waals surface area contributed by atoms with Crippen LogP contribution in [-0.4, -0.2) is 48.5 Å². The summed E-state index contributed by atoms with van der Waals surface area (Å²) in [6.07, 6.45) is 5.01. The van der Waals surface area contributed by atoms with E-state index in [1.165, 1.54) is 36.2 Å². The van der Waals surface area contributed by atoms with Gasteiger partial charge in [-0.15, -0.1) is 11.3 Å². The average molecular weight is 541 g/mol. The summed E-state index contributed by atoms with van der Waals surface area (Å²) >= 11 is 7.16. The molecule has 1 aliphatic rings. The maximum atomic E-state index is 13.4. The molecule has 194 valence electrons. The van der Waals surface area contributed by atoms with E-state index in [-0.39, 0.29) is 23.8 Å². The largest absolute Gasteiger partial charge is 0.497 e. The number of aromatic nitrogens is 1. The van der Waals surface area contributed by atoms with Gasteiger partial charge in [0.1, 0.15) is 22.7 Å².